The number of aromatic nitrogens is 9. The van der Waals surface area contributed by atoms with Crippen LogP contribution in [-0.4, -0.2) is 106 Å². The molecule has 0 radical (unpaired) electrons. The molecular weight excluding hydrogens is 886 g/mol. The van der Waals surface area contributed by atoms with Gasteiger partial charge in [-0.05, 0) is 86.8 Å². The molecule has 0 spiro atoms. The third-order valence-corrected chi connectivity index (χ3v) is 12.5. The molecule has 0 aliphatic heterocycles. The van der Waals surface area contributed by atoms with E-state index >= 15 is 0 Å². The number of rotatable bonds is 13. The Labute approximate surface area is 375 Å². The first-order chi connectivity index (χ1) is 31.1. The van der Waals surface area contributed by atoms with E-state index < -0.39 is 40.1 Å². The molecule has 17 nitrogen and oxygen atoms in total. The number of H-pyrrole nitrogens is 1. The third kappa shape index (κ3) is 10.4. The van der Waals surface area contributed by atoms with Gasteiger partial charge in [-0.1, -0.05) is 30.3 Å². The summed E-state index contributed by atoms with van der Waals surface area (Å²) in [5.74, 6) is 1.78. The number of hydrogen-bond acceptors (Lipinski definition) is 14. The molecule has 2 aromatic carbocycles. The molecule has 1 aliphatic carbocycles. The molecule has 0 amide bonds. The summed E-state index contributed by atoms with van der Waals surface area (Å²) < 4.78 is 71.5. The first-order valence-electron chi connectivity index (χ1n) is 20.4. The number of nitrogens with one attached hydrogen (secondary N) is 4. The summed E-state index contributed by atoms with van der Waals surface area (Å²) in [5, 5.41) is 32.9. The van der Waals surface area contributed by atoms with Gasteiger partial charge in [0.25, 0.3) is 0 Å². The van der Waals surface area contributed by atoms with Crippen molar-refractivity contribution in [1.29, 1.82) is 0 Å². The number of aryl methyl sites for hydroxylation is 1. The number of hydrogen-bond donors (Lipinski definition) is 6. The topological polar surface area (TPSA) is 222 Å². The minimum atomic E-state index is -4.42. The minimum Gasteiger partial charge on any atom is -0.389 e. The molecule has 6 aromatic heterocycles. The lowest BCUT2D eigenvalue weighted by Crippen LogP contribution is -2.43. The van der Waals surface area contributed by atoms with E-state index in [1.165, 1.54) is 39.9 Å². The Balaban J connectivity index is 0.000000178. The highest BCUT2D eigenvalue weighted by Gasteiger charge is 2.43. The van der Waals surface area contributed by atoms with Crippen molar-refractivity contribution >= 4 is 61.4 Å². The van der Waals surface area contributed by atoms with Crippen molar-refractivity contribution in [2.24, 2.45) is 0 Å². The van der Waals surface area contributed by atoms with Crippen molar-refractivity contribution in [3.05, 3.63) is 109 Å². The average molecular weight is 931 g/mol. The molecule has 0 bridgehead atoms. The van der Waals surface area contributed by atoms with Crippen LogP contribution in [0.3, 0.4) is 0 Å². The van der Waals surface area contributed by atoms with Gasteiger partial charge in [0.1, 0.15) is 17.4 Å². The zero-order chi connectivity index (χ0) is 46.0. The second kappa shape index (κ2) is 18.7. The molecule has 4 atom stereocenters. The van der Waals surface area contributed by atoms with Crippen molar-refractivity contribution in [2.75, 3.05) is 24.3 Å². The average Bonchev–Trinajstić information content (AvgIpc) is 4.07. The fourth-order valence-electron chi connectivity index (χ4n) is 7.59. The van der Waals surface area contributed by atoms with Crippen LogP contribution in [-0.2, 0) is 20.9 Å². The van der Waals surface area contributed by atoms with Crippen LogP contribution < -0.4 is 15.4 Å². The lowest BCUT2D eigenvalue weighted by atomic mass is 10.1. The third-order valence-electron chi connectivity index (χ3n) is 10.7. The van der Waals surface area contributed by atoms with E-state index in [1.54, 1.807) is 24.4 Å². The smallest absolute Gasteiger partial charge is 0.389 e. The SMILES string of the molecule is COS(=O)(=O)NC1CC(Nc2ccnc3cc(-c4cccc(SC(F)(F)F)c4)nn23)C(O)C1O.Cc1cncc(-c2nc(NCCc3c[nH]c4ccccc34)c3ncn(C(C)C)c3n2)c1. The van der Waals surface area contributed by atoms with Gasteiger partial charge in [0.05, 0.1) is 37.3 Å². The van der Waals surface area contributed by atoms with Crippen molar-refractivity contribution < 1.29 is 36.0 Å². The Morgan fingerprint density at radius 2 is 1.78 bits per heavy atom. The van der Waals surface area contributed by atoms with Crippen molar-refractivity contribution in [3.63, 3.8) is 0 Å². The first kappa shape index (κ1) is 45.4. The quantitative estimate of drug-likeness (QED) is 0.0665. The zero-order valence-corrected chi connectivity index (χ0v) is 37.0. The van der Waals surface area contributed by atoms with Gasteiger partial charge in [0.15, 0.2) is 22.9 Å². The first-order valence-corrected chi connectivity index (χ1v) is 22.6. The van der Waals surface area contributed by atoms with Crippen LogP contribution in [0.1, 0.15) is 37.4 Å². The van der Waals surface area contributed by atoms with E-state index in [0.717, 1.165) is 53.7 Å². The van der Waals surface area contributed by atoms with E-state index in [2.05, 4.69) is 93.5 Å². The predicted octanol–water partition coefficient (Wildman–Crippen LogP) is 6.68. The number of aliphatic hydroxyl groups is 2. The number of para-hydroxylation sites is 1. The molecule has 0 saturated heterocycles. The lowest BCUT2D eigenvalue weighted by Gasteiger charge is -2.19. The van der Waals surface area contributed by atoms with Crippen LogP contribution in [0.15, 0.2) is 103 Å². The number of anilines is 2. The number of thioether (sulfide) groups is 1. The molecule has 1 fully saturated rings. The van der Waals surface area contributed by atoms with Gasteiger partial charge >= 0.3 is 15.8 Å². The number of alkyl halides is 3. The zero-order valence-electron chi connectivity index (χ0n) is 35.4. The lowest BCUT2D eigenvalue weighted by molar-refractivity contribution is -0.0328. The van der Waals surface area contributed by atoms with Gasteiger partial charge in [-0.25, -0.2) is 19.9 Å². The van der Waals surface area contributed by atoms with Gasteiger partial charge in [-0.2, -0.15) is 35.9 Å². The Kier molecular flexibility index (Phi) is 13.1. The Hall–Kier alpha value is -6.17. The van der Waals surface area contributed by atoms with Crippen LogP contribution in [0.25, 0.3) is 50.4 Å². The number of pyridine rings is 1. The summed E-state index contributed by atoms with van der Waals surface area (Å²) in [6.45, 7) is 7.02. The van der Waals surface area contributed by atoms with Crippen LogP contribution >= 0.6 is 11.8 Å². The number of halogens is 3. The number of imidazole rings is 1. The molecule has 6 N–H and O–H groups in total. The Morgan fingerprint density at radius 1 is 0.985 bits per heavy atom. The highest BCUT2D eigenvalue weighted by molar-refractivity contribution is 8.00. The summed E-state index contributed by atoms with van der Waals surface area (Å²) in [6, 6.07) is 17.9. The van der Waals surface area contributed by atoms with Crippen LogP contribution in [0, 0.1) is 6.92 Å². The van der Waals surface area contributed by atoms with E-state index in [1.807, 2.05) is 25.5 Å². The fraction of sp³-hybridized carbons (Fsp3) is 0.302. The highest BCUT2D eigenvalue weighted by Crippen LogP contribution is 2.38. The van der Waals surface area contributed by atoms with Crippen molar-refractivity contribution in [1.82, 2.24) is 48.8 Å². The summed E-state index contributed by atoms with van der Waals surface area (Å²) in [4.78, 5) is 26.1. The van der Waals surface area contributed by atoms with Gasteiger partial charge in [-0.3, -0.25) is 9.17 Å². The molecule has 65 heavy (non-hydrogen) atoms. The maximum Gasteiger partial charge on any atom is 0.446 e. The largest absolute Gasteiger partial charge is 0.446 e. The standard InChI is InChI=1S/C24H25N7.C19H20F3N5O5S2/c1-15(2)31-14-28-21-23(26-9-8-17-13-27-20-7-5-4-6-19(17)20)29-22(30-24(21)31)18-10-16(3)11-25-12-18;1-32-34(30,31)26-14-8-13(17(28)18(14)29)24-15-5-6-23-16-9-12(25-27(15)16)10-3-2-4-11(7-10)33-19(20,21)22/h4-7,10-15,27H,8-9H2,1-3H3,(H,26,29,30);2-7,9,13-14,17-18,24,26,28-29H,8H2,1H3. The normalized spacial score (nSPS) is 17.8. The summed E-state index contributed by atoms with van der Waals surface area (Å²) in [6.07, 6.45) is 7.26. The molecule has 340 valence electrons. The van der Waals surface area contributed by atoms with E-state index in [-0.39, 0.29) is 29.1 Å². The molecule has 1 saturated carbocycles. The molecule has 8 aromatic rings. The number of nitrogens with zero attached hydrogens (tertiary/aromatic N) is 8. The molecule has 22 heteroatoms. The summed E-state index contributed by atoms with van der Waals surface area (Å²) in [7, 11) is -3.11. The van der Waals surface area contributed by atoms with E-state index in [9.17, 15) is 31.8 Å². The fourth-order valence-corrected chi connectivity index (χ4v) is 8.89. The highest BCUT2D eigenvalue weighted by atomic mass is 32.2. The second-order valence-corrected chi connectivity index (χ2v) is 18.2. The maximum atomic E-state index is 12.7. The van der Waals surface area contributed by atoms with Gasteiger partial charge in [-0.15, -0.1) is 0 Å². The summed E-state index contributed by atoms with van der Waals surface area (Å²) in [5.41, 5.74) is 2.84. The van der Waals surface area contributed by atoms with Crippen molar-refractivity contribution in [2.45, 2.75) is 74.4 Å². The monoisotopic (exact) mass is 930 g/mol. The van der Waals surface area contributed by atoms with Crippen LogP contribution in [0.4, 0.5) is 24.8 Å². The van der Waals surface area contributed by atoms with Gasteiger partial charge in [0.2, 0.25) is 0 Å². The van der Waals surface area contributed by atoms with E-state index in [0.29, 0.717) is 28.5 Å². The van der Waals surface area contributed by atoms with Crippen LogP contribution in [0.5, 0.6) is 0 Å². The number of aliphatic hydroxyl groups excluding tert-OH is 2. The second-order valence-electron chi connectivity index (χ2n) is 15.6. The molecule has 1 aliphatic rings. The molecular formula is C43H45F3N12O5S2. The van der Waals surface area contributed by atoms with Crippen LogP contribution in [0.2, 0.25) is 0 Å². The van der Waals surface area contributed by atoms with Gasteiger partial charge < -0.3 is 30.4 Å². The summed E-state index contributed by atoms with van der Waals surface area (Å²) >= 11 is -0.225. The molecule has 4 unspecified atom stereocenters. The predicted molar refractivity (Wildman–Crippen MR) is 241 cm³/mol. The minimum absolute atomic E-state index is 0.0148. The number of benzene rings is 2. The van der Waals surface area contributed by atoms with Gasteiger partial charge in [0, 0.05) is 70.4 Å². The maximum absolute atomic E-state index is 12.7. The molecule has 6 heterocycles. The van der Waals surface area contributed by atoms with Crippen molar-refractivity contribution in [3.8, 4) is 22.6 Å². The number of aromatic amines is 1. The Bertz CT molecular complexity index is 3070. The number of fused-ring (bicyclic) bond motifs is 3. The van der Waals surface area contributed by atoms with E-state index in [4.69, 9.17) is 9.97 Å². The Morgan fingerprint density at radius 3 is 2.55 bits per heavy atom. The molecule has 9 rings (SSSR count).